The normalized spacial score (nSPS) is 20.7. The summed E-state index contributed by atoms with van der Waals surface area (Å²) in [6, 6.07) is 6.77. The fraction of sp³-hybridized carbons (Fsp3) is 0.571. The Labute approximate surface area is 127 Å². The van der Waals surface area contributed by atoms with Crippen molar-refractivity contribution in [2.24, 2.45) is 0 Å². The molecule has 0 aliphatic carbocycles. The lowest BCUT2D eigenvalue weighted by molar-refractivity contribution is 0.00578. The van der Waals surface area contributed by atoms with Gasteiger partial charge in [-0.1, -0.05) is 25.1 Å². The Bertz CT molecular complexity index is 612. The number of hydrogen-bond donors (Lipinski definition) is 1. The Morgan fingerprint density at radius 2 is 1.62 bits per heavy atom. The van der Waals surface area contributed by atoms with Crippen LogP contribution in [0, 0.1) is 0 Å². The molecule has 0 aromatic heterocycles. The van der Waals surface area contributed by atoms with Crippen LogP contribution in [0.3, 0.4) is 0 Å². The van der Waals surface area contributed by atoms with Crippen molar-refractivity contribution in [1.29, 1.82) is 0 Å². The maximum Gasteiger partial charge on any atom is 0.496 e. The van der Waals surface area contributed by atoms with E-state index in [1.54, 1.807) is 31.2 Å². The molecule has 0 spiro atoms. The quantitative estimate of drug-likeness (QED) is 0.851. The first-order chi connectivity index (χ1) is 9.61. The smallest absolute Gasteiger partial charge is 0.399 e. The van der Waals surface area contributed by atoms with E-state index in [9.17, 15) is 8.42 Å². The lowest BCUT2D eigenvalue weighted by Gasteiger charge is -2.32. The lowest BCUT2D eigenvalue weighted by Crippen LogP contribution is -2.41. The Morgan fingerprint density at radius 3 is 2.14 bits per heavy atom. The fourth-order valence-corrected chi connectivity index (χ4v) is 3.43. The van der Waals surface area contributed by atoms with Gasteiger partial charge in [0, 0.05) is 12.0 Å². The summed E-state index contributed by atoms with van der Waals surface area (Å²) in [5.74, 6) is 0. The van der Waals surface area contributed by atoms with Gasteiger partial charge in [-0.25, -0.2) is 13.1 Å². The summed E-state index contributed by atoms with van der Waals surface area (Å²) in [6.07, 6.45) is 0. The van der Waals surface area contributed by atoms with E-state index in [0.717, 1.165) is 0 Å². The van der Waals surface area contributed by atoms with Crippen LogP contribution in [-0.2, 0) is 19.3 Å². The van der Waals surface area contributed by atoms with Gasteiger partial charge in [-0.05, 0) is 33.8 Å². The van der Waals surface area contributed by atoms with Crippen LogP contribution in [0.4, 0.5) is 0 Å². The summed E-state index contributed by atoms with van der Waals surface area (Å²) in [5, 5.41) is 0. The number of sulfonamides is 1. The molecule has 1 fully saturated rings. The van der Waals surface area contributed by atoms with E-state index >= 15 is 0 Å². The Morgan fingerprint density at radius 1 is 1.10 bits per heavy atom. The molecule has 7 heteroatoms. The van der Waals surface area contributed by atoms with Crippen LogP contribution < -0.4 is 10.2 Å². The van der Waals surface area contributed by atoms with Crippen molar-refractivity contribution in [3.8, 4) is 0 Å². The minimum Gasteiger partial charge on any atom is -0.399 e. The molecule has 2 rings (SSSR count). The number of nitrogens with one attached hydrogen (secondary N) is 1. The molecule has 0 atom stereocenters. The third-order valence-corrected chi connectivity index (χ3v) is 5.67. The van der Waals surface area contributed by atoms with Crippen molar-refractivity contribution in [2.75, 3.05) is 6.54 Å². The van der Waals surface area contributed by atoms with Crippen LogP contribution in [-0.4, -0.2) is 33.3 Å². The third-order valence-electron chi connectivity index (χ3n) is 4.05. The molecule has 116 valence electrons. The van der Waals surface area contributed by atoms with Crippen LogP contribution >= 0.6 is 0 Å². The zero-order chi connectivity index (χ0) is 15.9. The van der Waals surface area contributed by atoms with Crippen molar-refractivity contribution in [3.63, 3.8) is 0 Å². The van der Waals surface area contributed by atoms with Gasteiger partial charge in [-0.3, -0.25) is 0 Å². The second kappa shape index (κ2) is 5.39. The second-order valence-electron chi connectivity index (χ2n) is 6.13. The topological polar surface area (TPSA) is 64.6 Å². The fourth-order valence-electron chi connectivity index (χ4n) is 2.16. The van der Waals surface area contributed by atoms with E-state index in [0.29, 0.717) is 12.0 Å². The largest absolute Gasteiger partial charge is 0.496 e. The van der Waals surface area contributed by atoms with Gasteiger partial charge in [0.25, 0.3) is 0 Å². The summed E-state index contributed by atoms with van der Waals surface area (Å²) < 4.78 is 39.0. The second-order valence-corrected chi connectivity index (χ2v) is 7.86. The van der Waals surface area contributed by atoms with Crippen LogP contribution in [0.1, 0.15) is 34.6 Å². The minimum absolute atomic E-state index is 0.199. The van der Waals surface area contributed by atoms with Gasteiger partial charge in [-0.2, -0.15) is 0 Å². The summed E-state index contributed by atoms with van der Waals surface area (Å²) in [7, 11) is -4.26. The molecule has 1 aliphatic rings. The molecule has 1 aliphatic heterocycles. The zero-order valence-corrected chi connectivity index (χ0v) is 14.0. The molecular weight excluding hydrogens is 289 g/mol. The molecule has 5 nitrogen and oxygen atoms in total. The van der Waals surface area contributed by atoms with Crippen LogP contribution in [0.2, 0.25) is 0 Å². The predicted molar refractivity (Wildman–Crippen MR) is 83.0 cm³/mol. The van der Waals surface area contributed by atoms with Gasteiger partial charge in [-0.15, -0.1) is 0 Å². The van der Waals surface area contributed by atoms with Crippen LogP contribution in [0.5, 0.6) is 0 Å². The third kappa shape index (κ3) is 3.01. The number of rotatable bonds is 4. The first-order valence-corrected chi connectivity index (χ1v) is 8.53. The Hall–Kier alpha value is -0.885. The monoisotopic (exact) mass is 311 g/mol. The first kappa shape index (κ1) is 16.5. The highest BCUT2D eigenvalue weighted by atomic mass is 32.2. The van der Waals surface area contributed by atoms with Crippen LogP contribution in [0.15, 0.2) is 29.2 Å². The minimum atomic E-state index is -3.56. The molecule has 21 heavy (non-hydrogen) atoms. The summed E-state index contributed by atoms with van der Waals surface area (Å²) in [6.45, 7) is 9.83. The number of hydrogen-bond acceptors (Lipinski definition) is 4. The van der Waals surface area contributed by atoms with Gasteiger partial charge in [0.2, 0.25) is 10.0 Å². The van der Waals surface area contributed by atoms with Gasteiger partial charge >= 0.3 is 7.12 Å². The summed E-state index contributed by atoms with van der Waals surface area (Å²) in [4.78, 5) is 0.199. The first-order valence-electron chi connectivity index (χ1n) is 7.05. The molecule has 1 aromatic rings. The highest BCUT2D eigenvalue weighted by Gasteiger charge is 2.52. The van der Waals surface area contributed by atoms with E-state index in [1.165, 1.54) is 0 Å². The summed E-state index contributed by atoms with van der Waals surface area (Å²) >= 11 is 0. The van der Waals surface area contributed by atoms with E-state index in [-0.39, 0.29) is 4.90 Å². The molecule has 0 amide bonds. The SMILES string of the molecule is CCNS(=O)(=O)c1ccccc1B1OC(C)(C)C(C)(C)O1. The van der Waals surface area contributed by atoms with Gasteiger partial charge < -0.3 is 9.31 Å². The van der Waals surface area contributed by atoms with E-state index in [4.69, 9.17) is 9.31 Å². The maximum atomic E-state index is 12.3. The molecule has 1 saturated heterocycles. The molecule has 1 heterocycles. The zero-order valence-electron chi connectivity index (χ0n) is 13.1. The van der Waals surface area contributed by atoms with Gasteiger partial charge in [0.05, 0.1) is 16.1 Å². The van der Waals surface area contributed by atoms with Crippen molar-refractivity contribution in [2.45, 2.75) is 50.7 Å². The molecule has 0 unspecified atom stereocenters. The number of benzene rings is 1. The molecule has 1 aromatic carbocycles. The molecule has 0 radical (unpaired) electrons. The van der Waals surface area contributed by atoms with Gasteiger partial charge in [0.1, 0.15) is 0 Å². The molecule has 1 N–H and O–H groups in total. The van der Waals surface area contributed by atoms with Crippen molar-refractivity contribution in [3.05, 3.63) is 24.3 Å². The van der Waals surface area contributed by atoms with E-state index in [2.05, 4.69) is 4.72 Å². The van der Waals surface area contributed by atoms with Crippen LogP contribution in [0.25, 0.3) is 0 Å². The summed E-state index contributed by atoms with van der Waals surface area (Å²) in [5.41, 5.74) is -0.489. The van der Waals surface area contributed by atoms with Crippen molar-refractivity contribution < 1.29 is 17.7 Å². The molecule has 0 saturated carbocycles. The molecule has 0 bridgehead atoms. The average Bonchev–Trinajstić information content (AvgIpc) is 2.58. The highest BCUT2D eigenvalue weighted by molar-refractivity contribution is 7.89. The highest BCUT2D eigenvalue weighted by Crippen LogP contribution is 2.36. The predicted octanol–water partition coefficient (Wildman–Crippen LogP) is 1.28. The Kier molecular flexibility index (Phi) is 4.23. The standard InChI is InChI=1S/C14H22BNO4S/c1-6-16-21(17,18)12-10-8-7-9-11(12)15-19-13(2,3)14(4,5)20-15/h7-10,16H,6H2,1-5H3. The maximum absolute atomic E-state index is 12.3. The van der Waals surface area contributed by atoms with Crippen molar-refractivity contribution in [1.82, 2.24) is 4.72 Å². The molecular formula is C14H22BNO4S. The van der Waals surface area contributed by atoms with E-state index in [1.807, 2.05) is 27.7 Å². The van der Waals surface area contributed by atoms with Crippen molar-refractivity contribution >= 4 is 22.6 Å². The van der Waals surface area contributed by atoms with E-state index < -0.39 is 28.3 Å². The Balaban J connectivity index is 2.44. The average molecular weight is 311 g/mol. The van der Waals surface area contributed by atoms with Gasteiger partial charge in [0.15, 0.2) is 0 Å². The lowest BCUT2D eigenvalue weighted by atomic mass is 9.79.